The number of nitrogens with two attached hydrogens (primary N) is 1. The Morgan fingerprint density at radius 3 is 2.81 bits per heavy atom. The Morgan fingerprint density at radius 2 is 2.10 bits per heavy atom. The number of nitrogens with zero attached hydrogens (tertiary/aromatic N) is 5. The van der Waals surface area contributed by atoms with Crippen LogP contribution in [0, 0.1) is 17.0 Å². The van der Waals surface area contributed by atoms with E-state index in [-0.39, 0.29) is 17.2 Å². The van der Waals surface area contributed by atoms with E-state index in [4.69, 9.17) is 5.41 Å². The largest absolute Gasteiger partial charge is 0.337 e. The molecule has 0 unspecified atom stereocenters. The molecule has 8 nitrogen and oxygen atoms in total. The molecule has 0 atom stereocenters. The monoisotopic (exact) mass is 426 g/mol. The number of hydrogen-bond acceptors (Lipinski definition) is 5. The molecule has 2 heterocycles. The smallest absolute Gasteiger partial charge is 0.260 e. The first kappa shape index (κ1) is 21.9. The van der Waals surface area contributed by atoms with E-state index in [9.17, 15) is 13.6 Å². The van der Waals surface area contributed by atoms with Gasteiger partial charge >= 0.3 is 0 Å². The van der Waals surface area contributed by atoms with Gasteiger partial charge < -0.3 is 10.3 Å². The van der Waals surface area contributed by atoms with Gasteiger partial charge in [0.25, 0.3) is 5.91 Å². The summed E-state index contributed by atoms with van der Waals surface area (Å²) < 4.78 is 29.0. The highest BCUT2D eigenvalue weighted by molar-refractivity contribution is 6.14. The van der Waals surface area contributed by atoms with Crippen LogP contribution in [0.5, 0.6) is 0 Å². The van der Waals surface area contributed by atoms with Crippen LogP contribution in [0.1, 0.15) is 17.3 Å². The summed E-state index contributed by atoms with van der Waals surface area (Å²) in [6.45, 7) is 3.03. The van der Waals surface area contributed by atoms with Crippen LogP contribution in [0.4, 0.5) is 14.5 Å². The molecule has 0 radical (unpaired) electrons. The van der Waals surface area contributed by atoms with E-state index in [1.165, 1.54) is 29.8 Å². The molecule has 0 aliphatic heterocycles. The third kappa shape index (κ3) is 5.43. The van der Waals surface area contributed by atoms with Gasteiger partial charge in [0.1, 0.15) is 23.3 Å². The Balaban J connectivity index is 1.71. The zero-order valence-corrected chi connectivity index (χ0v) is 16.9. The van der Waals surface area contributed by atoms with Crippen molar-refractivity contribution in [3.8, 4) is 11.4 Å². The Morgan fingerprint density at radius 1 is 1.26 bits per heavy atom. The highest BCUT2D eigenvalue weighted by Gasteiger charge is 2.23. The average molecular weight is 426 g/mol. The summed E-state index contributed by atoms with van der Waals surface area (Å²) in [4.78, 5) is 18.6. The van der Waals surface area contributed by atoms with Crippen molar-refractivity contribution in [1.82, 2.24) is 19.7 Å². The van der Waals surface area contributed by atoms with Crippen LogP contribution < -0.4 is 5.43 Å². The number of benzene rings is 1. The van der Waals surface area contributed by atoms with Crippen molar-refractivity contribution in [1.29, 1.82) is 5.41 Å². The van der Waals surface area contributed by atoms with E-state index in [1.54, 1.807) is 34.0 Å². The van der Waals surface area contributed by atoms with Gasteiger partial charge in [0, 0.05) is 25.5 Å². The molecule has 3 rings (SSSR count). The maximum absolute atomic E-state index is 14.3. The number of pyridine rings is 1. The Bertz CT molecular complexity index is 1080. The zero-order valence-electron chi connectivity index (χ0n) is 16.9. The van der Waals surface area contributed by atoms with Gasteiger partial charge in [-0.15, -0.1) is 0 Å². The minimum absolute atomic E-state index is 0.0767. The van der Waals surface area contributed by atoms with Gasteiger partial charge in [-0.25, -0.2) is 8.78 Å². The lowest BCUT2D eigenvalue weighted by Gasteiger charge is -2.21. The minimum Gasteiger partial charge on any atom is -0.337 e. The van der Waals surface area contributed by atoms with E-state index in [0.717, 1.165) is 12.4 Å². The number of quaternary nitrogens is 1. The Hall–Kier alpha value is -3.79. The number of halogens is 2. The van der Waals surface area contributed by atoms with E-state index in [1.807, 2.05) is 6.92 Å². The first-order valence-electron chi connectivity index (χ1n) is 9.62. The first-order chi connectivity index (χ1) is 15.0. The van der Waals surface area contributed by atoms with Gasteiger partial charge in [-0.2, -0.15) is 10.5 Å². The Labute approximate surface area is 177 Å². The molecule has 31 heavy (non-hydrogen) atoms. The fourth-order valence-corrected chi connectivity index (χ4v) is 2.96. The van der Waals surface area contributed by atoms with Gasteiger partial charge in [-0.1, -0.05) is 11.2 Å². The molecule has 1 aromatic carbocycles. The number of rotatable bonds is 9. The summed E-state index contributed by atoms with van der Waals surface area (Å²) in [5.74, 6) is -1.31. The molecule has 3 N–H and O–H groups in total. The second kappa shape index (κ2) is 10.3. The molecule has 0 saturated heterocycles. The van der Waals surface area contributed by atoms with Crippen LogP contribution in [0.25, 0.3) is 11.4 Å². The summed E-state index contributed by atoms with van der Waals surface area (Å²) in [7, 11) is 0. The normalized spacial score (nSPS) is 11.1. The lowest BCUT2D eigenvalue weighted by Crippen LogP contribution is -2.72. The second-order valence-corrected chi connectivity index (χ2v) is 6.51. The number of carbonyl (C=O) groups is 1. The van der Waals surface area contributed by atoms with Crippen LogP contribution >= 0.6 is 0 Å². The molecular formula is C21H22F2N7O+. The molecular weight excluding hydrogens is 404 g/mol. The fourth-order valence-electron chi connectivity index (χ4n) is 2.96. The average Bonchev–Trinajstić information content (AvgIpc) is 3.24. The van der Waals surface area contributed by atoms with Crippen molar-refractivity contribution in [2.45, 2.75) is 13.5 Å². The molecule has 1 amide bonds. The van der Waals surface area contributed by atoms with Gasteiger partial charge in [0.15, 0.2) is 5.82 Å². The number of aromatic nitrogens is 3. The van der Waals surface area contributed by atoms with Crippen LogP contribution in [0.3, 0.4) is 0 Å². The number of carbonyl (C=O) groups excluding carboxylic acids is 1. The standard InChI is InChI=1S/C21H21F2N7O/c1-2-29(21(31)16-4-3-5-17(23)20(16)27-26-10-9-24)12-13-30-11-8-19(28-30)18-7-6-15(22)14-25-18/h3-11,14,24,27H,2,12-13H2,1H3/p+1/b24-9?,26-10-. The van der Waals surface area contributed by atoms with E-state index < -0.39 is 11.6 Å². The van der Waals surface area contributed by atoms with Crippen molar-refractivity contribution in [2.75, 3.05) is 13.1 Å². The molecule has 0 aliphatic rings. The third-order valence-corrected chi connectivity index (χ3v) is 4.55. The molecule has 2 aromatic heterocycles. The zero-order chi connectivity index (χ0) is 22.2. The molecule has 0 saturated carbocycles. The van der Waals surface area contributed by atoms with E-state index in [2.05, 4.69) is 15.2 Å². The molecule has 0 spiro atoms. The number of amides is 1. The fraction of sp³-hybridized carbons (Fsp3) is 0.190. The van der Waals surface area contributed by atoms with Crippen molar-refractivity contribution in [2.24, 2.45) is 5.10 Å². The third-order valence-electron chi connectivity index (χ3n) is 4.55. The Kier molecular flexibility index (Phi) is 7.28. The predicted octanol–water partition coefficient (Wildman–Crippen LogP) is 2.22. The van der Waals surface area contributed by atoms with Crippen molar-refractivity contribution in [3.05, 3.63) is 66.0 Å². The van der Waals surface area contributed by atoms with Gasteiger partial charge in [0.05, 0.1) is 18.4 Å². The van der Waals surface area contributed by atoms with Crippen LogP contribution in [0.2, 0.25) is 0 Å². The summed E-state index contributed by atoms with van der Waals surface area (Å²) in [6, 6.07) is 8.91. The molecule has 3 aromatic rings. The maximum Gasteiger partial charge on any atom is 0.260 e. The van der Waals surface area contributed by atoms with Gasteiger partial charge in [0.2, 0.25) is 5.69 Å². The minimum atomic E-state index is -0.562. The lowest BCUT2D eigenvalue weighted by atomic mass is 10.1. The summed E-state index contributed by atoms with van der Waals surface area (Å²) in [6.07, 6.45) is 5.05. The number of nitrogens with one attached hydrogen (secondary N) is 1. The summed E-state index contributed by atoms with van der Waals surface area (Å²) in [5, 5.41) is 15.2. The van der Waals surface area contributed by atoms with Crippen LogP contribution in [-0.4, -0.2) is 51.1 Å². The molecule has 0 bridgehead atoms. The van der Waals surface area contributed by atoms with Crippen LogP contribution in [-0.2, 0) is 6.54 Å². The SMILES string of the molecule is CCN(CCn1ccc(-c2ccc(F)cn2)n1)C(=O)c1cccc(F)c1[NH2+]/N=C\C=N. The van der Waals surface area contributed by atoms with Gasteiger partial charge in [-0.3, -0.25) is 14.5 Å². The van der Waals surface area contributed by atoms with Crippen LogP contribution in [0.15, 0.2) is 53.9 Å². The highest BCUT2D eigenvalue weighted by atomic mass is 19.1. The van der Waals surface area contributed by atoms with Gasteiger partial charge in [-0.05, 0) is 37.3 Å². The topological polar surface area (TPSA) is 104 Å². The van der Waals surface area contributed by atoms with Crippen molar-refractivity contribution in [3.63, 3.8) is 0 Å². The molecule has 160 valence electrons. The van der Waals surface area contributed by atoms with E-state index in [0.29, 0.717) is 31.0 Å². The summed E-state index contributed by atoms with van der Waals surface area (Å²) >= 11 is 0. The molecule has 10 heteroatoms. The van der Waals surface area contributed by atoms with Crippen molar-refractivity contribution >= 4 is 24.0 Å². The predicted molar refractivity (Wildman–Crippen MR) is 112 cm³/mol. The van der Waals surface area contributed by atoms with E-state index >= 15 is 0 Å². The lowest BCUT2D eigenvalue weighted by molar-refractivity contribution is -0.578. The maximum atomic E-state index is 14.3. The van der Waals surface area contributed by atoms with Crippen molar-refractivity contribution < 1.29 is 19.0 Å². The molecule has 0 aliphatic carbocycles. The second-order valence-electron chi connectivity index (χ2n) is 6.51. The highest BCUT2D eigenvalue weighted by Crippen LogP contribution is 2.18. The summed E-state index contributed by atoms with van der Waals surface area (Å²) in [5.41, 5.74) is 2.65. The quantitative estimate of drug-likeness (QED) is 0.237. The number of likely N-dealkylation sites (N-methyl/N-ethyl adjacent to an activating group) is 1. The first-order valence-corrected chi connectivity index (χ1v) is 9.62. The number of hydrogen-bond donors (Lipinski definition) is 2. The molecule has 0 fully saturated rings.